The van der Waals surface area contributed by atoms with E-state index in [0.717, 1.165) is 12.1 Å². The van der Waals surface area contributed by atoms with Crippen molar-refractivity contribution in [3.63, 3.8) is 0 Å². The predicted molar refractivity (Wildman–Crippen MR) is 63.3 cm³/mol. The monoisotopic (exact) mass is 220 g/mol. The lowest BCUT2D eigenvalue weighted by Gasteiger charge is -2.20. The summed E-state index contributed by atoms with van der Waals surface area (Å²) < 4.78 is 0. The highest BCUT2D eigenvalue weighted by molar-refractivity contribution is 5.95. The van der Waals surface area contributed by atoms with Crippen LogP contribution in [0.25, 0.3) is 0 Å². The molecule has 0 spiro atoms. The van der Waals surface area contributed by atoms with Gasteiger partial charge in [0.15, 0.2) is 0 Å². The third-order valence-electron chi connectivity index (χ3n) is 2.29. The van der Waals surface area contributed by atoms with Crippen LogP contribution in [-0.4, -0.2) is 18.4 Å². The minimum absolute atomic E-state index is 0.00586. The molecule has 0 aliphatic heterocycles. The van der Waals surface area contributed by atoms with Crippen LogP contribution < -0.4 is 10.6 Å². The average Bonchev–Trinajstić information content (AvgIpc) is 2.25. The zero-order valence-electron chi connectivity index (χ0n) is 9.56. The van der Waals surface area contributed by atoms with Crippen molar-refractivity contribution in [3.8, 4) is 0 Å². The van der Waals surface area contributed by atoms with Gasteiger partial charge in [0, 0.05) is 24.7 Å². The Labute approximate surface area is 95.0 Å². The molecule has 0 atom stereocenters. The molecule has 0 heterocycles. The molecule has 4 nitrogen and oxygen atoms in total. The van der Waals surface area contributed by atoms with Gasteiger partial charge in [0.2, 0.25) is 11.8 Å². The summed E-state index contributed by atoms with van der Waals surface area (Å²) in [7, 11) is 0. The second-order valence-electron chi connectivity index (χ2n) is 3.58. The fourth-order valence-corrected chi connectivity index (χ4v) is 1.50. The molecule has 4 heteroatoms. The molecule has 1 aromatic carbocycles. The quantitative estimate of drug-likeness (QED) is 0.836. The molecule has 0 aliphatic rings. The van der Waals surface area contributed by atoms with Gasteiger partial charge in [0.25, 0.3) is 0 Å². The summed E-state index contributed by atoms with van der Waals surface area (Å²) in [5.74, 6) is -0.468. The minimum atomic E-state index is -0.462. The van der Waals surface area contributed by atoms with E-state index in [4.69, 9.17) is 5.73 Å². The third kappa shape index (κ3) is 2.82. The first-order chi connectivity index (χ1) is 7.56. The molecule has 0 bridgehead atoms. The van der Waals surface area contributed by atoms with Crippen molar-refractivity contribution in [1.82, 2.24) is 0 Å². The van der Waals surface area contributed by atoms with Crippen molar-refractivity contribution in [1.29, 1.82) is 0 Å². The van der Waals surface area contributed by atoms with Crippen molar-refractivity contribution in [2.75, 3.05) is 11.4 Å². The second kappa shape index (κ2) is 5.30. The molecule has 86 valence electrons. The first-order valence-electron chi connectivity index (χ1n) is 5.24. The number of carbonyl (C=O) groups is 2. The van der Waals surface area contributed by atoms with Crippen molar-refractivity contribution in [2.24, 2.45) is 5.73 Å². The maximum atomic E-state index is 11.4. The van der Waals surface area contributed by atoms with Crippen LogP contribution in [0.2, 0.25) is 0 Å². The van der Waals surface area contributed by atoms with Crippen molar-refractivity contribution >= 4 is 17.5 Å². The molecule has 1 aromatic rings. The molecule has 16 heavy (non-hydrogen) atoms. The zero-order valence-corrected chi connectivity index (χ0v) is 9.56. The highest BCUT2D eigenvalue weighted by Gasteiger charge is 2.10. The molecule has 0 radical (unpaired) electrons. The molecule has 0 unspecified atom stereocenters. The fourth-order valence-electron chi connectivity index (χ4n) is 1.50. The Morgan fingerprint density at radius 2 is 1.81 bits per heavy atom. The van der Waals surface area contributed by atoms with Crippen LogP contribution in [0.5, 0.6) is 0 Å². The molecule has 0 aromatic heterocycles. The fraction of sp³-hybridized carbons (Fsp3) is 0.333. The molecular formula is C12H16N2O2. The molecule has 1 rings (SSSR count). The third-order valence-corrected chi connectivity index (χ3v) is 2.29. The van der Waals surface area contributed by atoms with E-state index < -0.39 is 5.91 Å². The van der Waals surface area contributed by atoms with E-state index in [0.29, 0.717) is 12.1 Å². The molecular weight excluding hydrogens is 204 g/mol. The molecule has 0 aliphatic carbocycles. The summed E-state index contributed by atoms with van der Waals surface area (Å²) >= 11 is 0. The average molecular weight is 220 g/mol. The van der Waals surface area contributed by atoms with E-state index in [1.165, 1.54) is 6.92 Å². The van der Waals surface area contributed by atoms with E-state index in [1.54, 1.807) is 29.2 Å². The van der Waals surface area contributed by atoms with E-state index in [9.17, 15) is 9.59 Å². The minimum Gasteiger partial charge on any atom is -0.366 e. The molecule has 0 fully saturated rings. The maximum absolute atomic E-state index is 11.4. The standard InChI is InChI=1S/C12H16N2O2/c1-3-8-14(9(2)15)11-6-4-10(5-7-11)12(13)16/h4-7H,3,8H2,1-2H3,(H2,13,16). The summed E-state index contributed by atoms with van der Waals surface area (Å²) in [4.78, 5) is 23.9. The predicted octanol–water partition coefficient (Wildman–Crippen LogP) is 1.55. The number of rotatable bonds is 4. The second-order valence-corrected chi connectivity index (χ2v) is 3.58. The first-order valence-corrected chi connectivity index (χ1v) is 5.24. The lowest BCUT2D eigenvalue weighted by atomic mass is 10.2. The highest BCUT2D eigenvalue weighted by atomic mass is 16.2. The number of anilines is 1. The van der Waals surface area contributed by atoms with Gasteiger partial charge in [-0.1, -0.05) is 6.92 Å². The van der Waals surface area contributed by atoms with Crippen LogP contribution in [0.15, 0.2) is 24.3 Å². The number of benzene rings is 1. The number of nitrogens with zero attached hydrogens (tertiary/aromatic N) is 1. The van der Waals surface area contributed by atoms with Crippen LogP contribution in [0.3, 0.4) is 0 Å². The van der Waals surface area contributed by atoms with Gasteiger partial charge in [-0.05, 0) is 30.7 Å². The Bertz CT molecular complexity index is 385. The molecule has 2 amide bonds. The van der Waals surface area contributed by atoms with E-state index in [-0.39, 0.29) is 5.91 Å². The topological polar surface area (TPSA) is 63.4 Å². The molecule has 2 N–H and O–H groups in total. The SMILES string of the molecule is CCCN(C(C)=O)c1ccc(C(N)=O)cc1. The number of hydrogen-bond acceptors (Lipinski definition) is 2. The van der Waals surface area contributed by atoms with E-state index in [1.807, 2.05) is 6.92 Å². The number of nitrogens with two attached hydrogens (primary N) is 1. The molecule has 0 saturated heterocycles. The van der Waals surface area contributed by atoms with Crippen molar-refractivity contribution in [3.05, 3.63) is 29.8 Å². The van der Waals surface area contributed by atoms with E-state index in [2.05, 4.69) is 0 Å². The van der Waals surface area contributed by atoms with Crippen molar-refractivity contribution < 1.29 is 9.59 Å². The Hall–Kier alpha value is -1.84. The number of carbonyl (C=O) groups excluding carboxylic acids is 2. The number of amides is 2. The lowest BCUT2D eigenvalue weighted by Crippen LogP contribution is -2.29. The summed E-state index contributed by atoms with van der Waals surface area (Å²) in [5.41, 5.74) is 6.38. The maximum Gasteiger partial charge on any atom is 0.248 e. The highest BCUT2D eigenvalue weighted by Crippen LogP contribution is 2.15. The van der Waals surface area contributed by atoms with Crippen LogP contribution >= 0.6 is 0 Å². The zero-order chi connectivity index (χ0) is 12.1. The normalized spacial score (nSPS) is 9.88. The number of primary amides is 1. The van der Waals surface area contributed by atoms with Crippen LogP contribution in [0.1, 0.15) is 30.6 Å². The van der Waals surface area contributed by atoms with Gasteiger partial charge in [-0.25, -0.2) is 0 Å². The Morgan fingerprint density at radius 3 is 2.19 bits per heavy atom. The lowest BCUT2D eigenvalue weighted by molar-refractivity contribution is -0.116. The Morgan fingerprint density at radius 1 is 1.25 bits per heavy atom. The van der Waals surface area contributed by atoms with Crippen LogP contribution in [-0.2, 0) is 4.79 Å². The summed E-state index contributed by atoms with van der Waals surface area (Å²) in [5, 5.41) is 0. The first kappa shape index (κ1) is 12.2. The van der Waals surface area contributed by atoms with Gasteiger partial charge in [-0.2, -0.15) is 0 Å². The smallest absolute Gasteiger partial charge is 0.248 e. The van der Waals surface area contributed by atoms with Crippen LogP contribution in [0, 0.1) is 0 Å². The largest absolute Gasteiger partial charge is 0.366 e. The Balaban J connectivity index is 2.94. The van der Waals surface area contributed by atoms with Gasteiger partial charge >= 0.3 is 0 Å². The van der Waals surface area contributed by atoms with Gasteiger partial charge in [-0.3, -0.25) is 9.59 Å². The van der Waals surface area contributed by atoms with Gasteiger partial charge in [-0.15, -0.1) is 0 Å². The number of hydrogen-bond donors (Lipinski definition) is 1. The summed E-state index contributed by atoms with van der Waals surface area (Å²) in [6.07, 6.45) is 0.886. The Kier molecular flexibility index (Phi) is 4.05. The summed E-state index contributed by atoms with van der Waals surface area (Å²) in [6.45, 7) is 4.20. The summed E-state index contributed by atoms with van der Waals surface area (Å²) in [6, 6.07) is 6.72. The van der Waals surface area contributed by atoms with Crippen LogP contribution in [0.4, 0.5) is 5.69 Å². The van der Waals surface area contributed by atoms with Crippen molar-refractivity contribution in [2.45, 2.75) is 20.3 Å². The van der Waals surface area contributed by atoms with E-state index >= 15 is 0 Å². The van der Waals surface area contributed by atoms with Gasteiger partial charge in [0.05, 0.1) is 0 Å². The van der Waals surface area contributed by atoms with Gasteiger partial charge < -0.3 is 10.6 Å². The van der Waals surface area contributed by atoms with Gasteiger partial charge in [0.1, 0.15) is 0 Å². The molecule has 0 saturated carbocycles.